The van der Waals surface area contributed by atoms with Gasteiger partial charge in [0.1, 0.15) is 16.9 Å². The highest BCUT2D eigenvalue weighted by Gasteiger charge is 2.33. The van der Waals surface area contributed by atoms with Crippen molar-refractivity contribution in [3.8, 4) is 11.4 Å². The molecular formula is C26H31ClF3N5O4. The monoisotopic (exact) mass is 569 g/mol. The summed E-state index contributed by atoms with van der Waals surface area (Å²) in [6.45, 7) is 7.04. The fraction of sp³-hybridized carbons (Fsp3) is 0.500. The number of nitrogens with one attached hydrogen (secondary N) is 1. The first kappa shape index (κ1) is 30.1. The molecule has 0 aliphatic carbocycles. The van der Waals surface area contributed by atoms with Gasteiger partial charge in [-0.3, -0.25) is 9.59 Å². The number of amides is 3. The van der Waals surface area contributed by atoms with Crippen LogP contribution in [0.4, 0.5) is 18.0 Å². The van der Waals surface area contributed by atoms with Gasteiger partial charge in [-0.2, -0.15) is 13.2 Å². The molecule has 1 atom stereocenters. The zero-order valence-electron chi connectivity index (χ0n) is 21.9. The minimum absolute atomic E-state index is 0.0314. The zero-order valence-corrected chi connectivity index (χ0v) is 22.7. The average Bonchev–Trinajstić information content (AvgIpc) is 2.90. The third-order valence-electron chi connectivity index (χ3n) is 6.17. The lowest BCUT2D eigenvalue weighted by Gasteiger charge is -2.36. The molecule has 1 aromatic carbocycles. The van der Waals surface area contributed by atoms with Crippen LogP contribution in [-0.2, 0) is 15.7 Å². The topological polar surface area (TPSA) is 105 Å². The molecule has 39 heavy (non-hydrogen) atoms. The van der Waals surface area contributed by atoms with Crippen LogP contribution in [0.5, 0.6) is 0 Å². The van der Waals surface area contributed by atoms with Crippen LogP contribution in [0, 0.1) is 5.92 Å². The molecule has 1 N–H and O–H groups in total. The number of piperazine rings is 1. The smallest absolute Gasteiger partial charge is 0.416 e. The van der Waals surface area contributed by atoms with Gasteiger partial charge >= 0.3 is 12.3 Å². The molecule has 1 aliphatic heterocycles. The Kier molecular flexibility index (Phi) is 10.1. The average molecular weight is 570 g/mol. The van der Waals surface area contributed by atoms with E-state index in [1.54, 1.807) is 23.6 Å². The number of carbonyl (C=O) groups is 3. The predicted molar refractivity (Wildman–Crippen MR) is 138 cm³/mol. The standard InChI is InChI=1S/C26H31ClF3N5O4/c1-4-5-13-39-25(38)35-11-9-34(10-12-35)24(37)21(16(2)3)33-23(36)19-15-20(27)32-22(31-19)17-7-6-8-18(14-17)26(28,29)30/h6-8,14-16,21H,4-5,9-13H2,1-3H3,(H,33,36). The van der Waals surface area contributed by atoms with Crippen LogP contribution in [0.2, 0.25) is 5.15 Å². The number of carbonyl (C=O) groups excluding carboxylic acids is 3. The quantitative estimate of drug-likeness (QED) is 0.366. The molecule has 1 aliphatic rings. The van der Waals surface area contributed by atoms with Gasteiger partial charge in [-0.05, 0) is 24.5 Å². The molecule has 1 fully saturated rings. The van der Waals surface area contributed by atoms with E-state index in [-0.39, 0.29) is 47.1 Å². The lowest BCUT2D eigenvalue weighted by atomic mass is 10.0. The first-order chi connectivity index (χ1) is 18.4. The summed E-state index contributed by atoms with van der Waals surface area (Å²) in [7, 11) is 0. The Balaban J connectivity index is 1.70. The Morgan fingerprint density at radius 2 is 1.74 bits per heavy atom. The summed E-state index contributed by atoms with van der Waals surface area (Å²) in [5.41, 5.74) is -1.06. The van der Waals surface area contributed by atoms with Gasteiger partial charge in [0, 0.05) is 37.8 Å². The Hall–Kier alpha value is -3.41. The van der Waals surface area contributed by atoms with E-state index < -0.39 is 29.8 Å². The second-order valence-electron chi connectivity index (χ2n) is 9.45. The second-order valence-corrected chi connectivity index (χ2v) is 9.84. The van der Waals surface area contributed by atoms with E-state index in [1.807, 2.05) is 6.92 Å². The second kappa shape index (κ2) is 13.1. The van der Waals surface area contributed by atoms with Crippen molar-refractivity contribution in [2.75, 3.05) is 32.8 Å². The maximum Gasteiger partial charge on any atom is 0.416 e. The number of unbranched alkanes of at least 4 members (excludes halogenated alkanes) is 1. The van der Waals surface area contributed by atoms with Crippen molar-refractivity contribution in [3.05, 3.63) is 46.7 Å². The largest absolute Gasteiger partial charge is 0.449 e. The third-order valence-corrected chi connectivity index (χ3v) is 6.36. The molecule has 0 radical (unpaired) electrons. The van der Waals surface area contributed by atoms with Crippen molar-refractivity contribution in [2.45, 2.75) is 45.8 Å². The third kappa shape index (κ3) is 8.04. The van der Waals surface area contributed by atoms with E-state index in [2.05, 4.69) is 15.3 Å². The van der Waals surface area contributed by atoms with Crippen molar-refractivity contribution >= 4 is 29.5 Å². The van der Waals surface area contributed by atoms with E-state index in [0.717, 1.165) is 25.0 Å². The maximum absolute atomic E-state index is 13.3. The Bertz CT molecular complexity index is 1190. The molecule has 3 amide bonds. The molecule has 1 aromatic heterocycles. The van der Waals surface area contributed by atoms with Gasteiger partial charge in [0.25, 0.3) is 5.91 Å². The molecule has 2 heterocycles. The number of benzene rings is 1. The Morgan fingerprint density at radius 3 is 2.36 bits per heavy atom. The van der Waals surface area contributed by atoms with Gasteiger partial charge in [0.05, 0.1) is 12.2 Å². The lowest BCUT2D eigenvalue weighted by molar-refractivity contribution is -0.137. The summed E-state index contributed by atoms with van der Waals surface area (Å²) in [6.07, 6.45) is -3.30. The van der Waals surface area contributed by atoms with Gasteiger partial charge in [-0.15, -0.1) is 0 Å². The molecule has 1 unspecified atom stereocenters. The molecule has 3 rings (SSSR count). The van der Waals surface area contributed by atoms with Crippen molar-refractivity contribution < 1.29 is 32.3 Å². The molecule has 0 saturated carbocycles. The lowest BCUT2D eigenvalue weighted by Crippen LogP contribution is -2.57. The van der Waals surface area contributed by atoms with Crippen molar-refractivity contribution in [3.63, 3.8) is 0 Å². The van der Waals surface area contributed by atoms with E-state index >= 15 is 0 Å². The predicted octanol–water partition coefficient (Wildman–Crippen LogP) is 4.65. The van der Waals surface area contributed by atoms with Crippen LogP contribution in [0.25, 0.3) is 11.4 Å². The van der Waals surface area contributed by atoms with E-state index in [4.69, 9.17) is 16.3 Å². The van der Waals surface area contributed by atoms with E-state index in [0.29, 0.717) is 19.7 Å². The highest BCUT2D eigenvalue weighted by atomic mass is 35.5. The molecule has 212 valence electrons. The van der Waals surface area contributed by atoms with Crippen LogP contribution < -0.4 is 5.32 Å². The first-order valence-corrected chi connectivity index (χ1v) is 13.0. The molecule has 0 bridgehead atoms. The minimum Gasteiger partial charge on any atom is -0.449 e. The fourth-order valence-electron chi connectivity index (χ4n) is 3.93. The molecule has 2 aromatic rings. The zero-order chi connectivity index (χ0) is 28.7. The van der Waals surface area contributed by atoms with Gasteiger partial charge in [-0.25, -0.2) is 14.8 Å². The summed E-state index contributed by atoms with van der Waals surface area (Å²) >= 11 is 6.07. The summed E-state index contributed by atoms with van der Waals surface area (Å²) in [6, 6.07) is 4.63. The van der Waals surface area contributed by atoms with Crippen LogP contribution in [-0.4, -0.2) is 76.5 Å². The Morgan fingerprint density at radius 1 is 1.08 bits per heavy atom. The van der Waals surface area contributed by atoms with Crippen LogP contribution in [0.3, 0.4) is 0 Å². The number of hydrogen-bond donors (Lipinski definition) is 1. The fourth-order valence-corrected chi connectivity index (χ4v) is 4.11. The van der Waals surface area contributed by atoms with Crippen LogP contribution in [0.1, 0.15) is 49.7 Å². The molecule has 9 nitrogen and oxygen atoms in total. The number of halogens is 4. The van der Waals surface area contributed by atoms with Crippen molar-refractivity contribution in [2.24, 2.45) is 5.92 Å². The van der Waals surface area contributed by atoms with Crippen molar-refractivity contribution in [1.82, 2.24) is 25.1 Å². The van der Waals surface area contributed by atoms with E-state index in [9.17, 15) is 27.6 Å². The van der Waals surface area contributed by atoms with Gasteiger partial charge in [0.15, 0.2) is 5.82 Å². The highest BCUT2D eigenvalue weighted by molar-refractivity contribution is 6.29. The summed E-state index contributed by atoms with van der Waals surface area (Å²) in [5, 5.41) is 2.53. The maximum atomic E-state index is 13.3. The summed E-state index contributed by atoms with van der Waals surface area (Å²) < 4.78 is 44.7. The van der Waals surface area contributed by atoms with E-state index in [1.165, 1.54) is 18.2 Å². The number of rotatable bonds is 8. The molecule has 1 saturated heterocycles. The van der Waals surface area contributed by atoms with Crippen molar-refractivity contribution in [1.29, 1.82) is 0 Å². The number of hydrogen-bond acceptors (Lipinski definition) is 6. The number of ether oxygens (including phenoxy) is 1. The normalized spacial score (nSPS) is 14.8. The van der Waals surface area contributed by atoms with Gasteiger partial charge < -0.3 is 19.9 Å². The summed E-state index contributed by atoms with van der Waals surface area (Å²) in [4.78, 5) is 49.8. The number of alkyl halides is 3. The van der Waals surface area contributed by atoms with Gasteiger partial charge in [0.2, 0.25) is 5.91 Å². The molecular weight excluding hydrogens is 539 g/mol. The van der Waals surface area contributed by atoms with Gasteiger partial charge in [-0.1, -0.05) is 50.9 Å². The summed E-state index contributed by atoms with van der Waals surface area (Å²) in [5.74, 6) is -1.50. The molecule has 0 spiro atoms. The SMILES string of the molecule is CCCCOC(=O)N1CCN(C(=O)C(NC(=O)c2cc(Cl)nc(-c3cccc(C(F)(F)F)c3)n2)C(C)C)CC1. The Labute approximate surface area is 229 Å². The highest BCUT2D eigenvalue weighted by Crippen LogP contribution is 2.31. The molecule has 13 heteroatoms. The number of aromatic nitrogens is 2. The number of nitrogens with zero attached hydrogens (tertiary/aromatic N) is 4. The minimum atomic E-state index is -4.57. The van der Waals surface area contributed by atoms with Crippen LogP contribution in [0.15, 0.2) is 30.3 Å². The first-order valence-electron chi connectivity index (χ1n) is 12.6. The van der Waals surface area contributed by atoms with Crippen LogP contribution >= 0.6 is 11.6 Å².